The van der Waals surface area contributed by atoms with Crippen molar-refractivity contribution in [3.05, 3.63) is 102 Å². The fourth-order valence-electron chi connectivity index (χ4n) is 3.33. The molecule has 4 aromatic rings. The van der Waals surface area contributed by atoms with E-state index in [9.17, 15) is 4.79 Å². The zero-order chi connectivity index (χ0) is 18.5. The van der Waals surface area contributed by atoms with Crippen LogP contribution in [0.2, 0.25) is 0 Å². The van der Waals surface area contributed by atoms with Crippen molar-refractivity contribution in [2.45, 2.75) is 19.5 Å². The molecular weight excluding hydrogens is 334 g/mol. The number of carbonyl (C=O) groups excluding carboxylic acids is 1. The van der Waals surface area contributed by atoms with Gasteiger partial charge in [0.15, 0.2) is 0 Å². The number of benzene rings is 3. The molecule has 134 valence electrons. The smallest absolute Gasteiger partial charge is 0.224 e. The van der Waals surface area contributed by atoms with Crippen LogP contribution in [-0.4, -0.2) is 15.7 Å². The molecule has 0 bridgehead atoms. The SMILES string of the molecule is O=C(Cc1cccc2ccccc12)NCc1ccccc1Cn1cccn1. The van der Waals surface area contributed by atoms with Crippen LogP contribution in [0.25, 0.3) is 10.8 Å². The van der Waals surface area contributed by atoms with E-state index >= 15 is 0 Å². The van der Waals surface area contributed by atoms with Crippen LogP contribution in [0.15, 0.2) is 85.2 Å². The molecular formula is C23H21N3O. The molecule has 3 aromatic carbocycles. The van der Waals surface area contributed by atoms with Crippen molar-refractivity contribution in [2.24, 2.45) is 0 Å². The number of rotatable bonds is 6. The monoisotopic (exact) mass is 355 g/mol. The lowest BCUT2D eigenvalue weighted by Gasteiger charge is -2.12. The zero-order valence-corrected chi connectivity index (χ0v) is 15.0. The topological polar surface area (TPSA) is 46.9 Å². The molecule has 0 spiro atoms. The van der Waals surface area contributed by atoms with E-state index in [1.54, 1.807) is 6.20 Å². The van der Waals surface area contributed by atoms with Gasteiger partial charge in [0.25, 0.3) is 0 Å². The Labute approximate surface area is 158 Å². The summed E-state index contributed by atoms with van der Waals surface area (Å²) in [5.41, 5.74) is 3.32. The molecule has 0 aliphatic carbocycles. The fourth-order valence-corrected chi connectivity index (χ4v) is 3.33. The average Bonchev–Trinajstić information content (AvgIpc) is 3.21. The molecule has 0 saturated carbocycles. The van der Waals surface area contributed by atoms with Crippen LogP contribution < -0.4 is 5.32 Å². The van der Waals surface area contributed by atoms with Crippen molar-refractivity contribution in [1.82, 2.24) is 15.1 Å². The molecule has 0 unspecified atom stereocenters. The molecule has 1 amide bonds. The Morgan fingerprint density at radius 2 is 1.59 bits per heavy atom. The Bertz CT molecular complexity index is 1050. The largest absolute Gasteiger partial charge is 0.352 e. The predicted molar refractivity (Wildman–Crippen MR) is 107 cm³/mol. The maximum Gasteiger partial charge on any atom is 0.224 e. The van der Waals surface area contributed by atoms with E-state index in [1.165, 1.54) is 0 Å². The second-order valence-electron chi connectivity index (χ2n) is 6.56. The van der Waals surface area contributed by atoms with Gasteiger partial charge in [0, 0.05) is 18.9 Å². The first kappa shape index (κ1) is 17.0. The standard InChI is InChI=1S/C23H21N3O/c27-23(15-19-11-5-10-18-7-3-4-12-22(18)19)24-16-20-8-1-2-9-21(20)17-26-14-6-13-25-26/h1-14H,15-17H2,(H,24,27). The molecule has 0 atom stereocenters. The van der Waals surface area contributed by atoms with Gasteiger partial charge in [-0.15, -0.1) is 0 Å². The van der Waals surface area contributed by atoms with Crippen molar-refractivity contribution in [2.75, 3.05) is 0 Å². The summed E-state index contributed by atoms with van der Waals surface area (Å²) in [7, 11) is 0. The second-order valence-corrected chi connectivity index (χ2v) is 6.56. The van der Waals surface area contributed by atoms with E-state index in [-0.39, 0.29) is 5.91 Å². The van der Waals surface area contributed by atoms with Crippen molar-refractivity contribution >= 4 is 16.7 Å². The van der Waals surface area contributed by atoms with Crippen LogP contribution in [-0.2, 0) is 24.3 Å². The zero-order valence-electron chi connectivity index (χ0n) is 15.0. The molecule has 0 aliphatic heterocycles. The normalized spacial score (nSPS) is 10.8. The minimum Gasteiger partial charge on any atom is -0.352 e. The molecule has 1 aromatic heterocycles. The minimum absolute atomic E-state index is 0.0280. The van der Waals surface area contributed by atoms with Crippen LogP contribution in [0.1, 0.15) is 16.7 Å². The summed E-state index contributed by atoms with van der Waals surface area (Å²) in [4.78, 5) is 12.5. The van der Waals surface area contributed by atoms with Gasteiger partial charge in [0.05, 0.1) is 13.0 Å². The highest BCUT2D eigenvalue weighted by atomic mass is 16.1. The van der Waals surface area contributed by atoms with Gasteiger partial charge < -0.3 is 5.32 Å². The highest BCUT2D eigenvalue weighted by Gasteiger charge is 2.08. The van der Waals surface area contributed by atoms with Crippen molar-refractivity contribution in [3.63, 3.8) is 0 Å². The Morgan fingerprint density at radius 1 is 0.852 bits per heavy atom. The molecule has 0 radical (unpaired) electrons. The van der Waals surface area contributed by atoms with Crippen LogP contribution >= 0.6 is 0 Å². The molecule has 0 aliphatic rings. The summed E-state index contributed by atoms with van der Waals surface area (Å²) in [6, 6.07) is 24.3. The van der Waals surface area contributed by atoms with E-state index in [2.05, 4.69) is 40.7 Å². The average molecular weight is 355 g/mol. The summed E-state index contributed by atoms with van der Waals surface area (Å²) in [6.07, 6.45) is 4.09. The quantitative estimate of drug-likeness (QED) is 0.569. The van der Waals surface area contributed by atoms with Crippen molar-refractivity contribution in [1.29, 1.82) is 0 Å². The van der Waals surface area contributed by atoms with Crippen LogP contribution in [0, 0.1) is 0 Å². The first-order chi connectivity index (χ1) is 13.3. The van der Waals surface area contributed by atoms with Crippen molar-refractivity contribution < 1.29 is 4.79 Å². The molecule has 1 heterocycles. The third-order valence-corrected chi connectivity index (χ3v) is 4.72. The van der Waals surface area contributed by atoms with Gasteiger partial charge in [0.1, 0.15) is 0 Å². The number of aromatic nitrogens is 2. The maximum absolute atomic E-state index is 12.5. The van der Waals surface area contributed by atoms with E-state index in [0.717, 1.165) is 27.5 Å². The van der Waals surface area contributed by atoms with E-state index < -0.39 is 0 Å². The molecule has 4 nitrogen and oxygen atoms in total. The Morgan fingerprint density at radius 3 is 2.44 bits per heavy atom. The van der Waals surface area contributed by atoms with E-state index in [0.29, 0.717) is 19.5 Å². The summed E-state index contributed by atoms with van der Waals surface area (Å²) in [5.74, 6) is 0.0280. The molecule has 4 rings (SSSR count). The lowest BCUT2D eigenvalue weighted by molar-refractivity contribution is -0.120. The van der Waals surface area contributed by atoms with Gasteiger partial charge in [-0.3, -0.25) is 9.48 Å². The fraction of sp³-hybridized carbons (Fsp3) is 0.130. The number of nitrogens with zero attached hydrogens (tertiary/aromatic N) is 2. The molecule has 0 fully saturated rings. The van der Waals surface area contributed by atoms with Gasteiger partial charge in [-0.25, -0.2) is 0 Å². The van der Waals surface area contributed by atoms with E-state index in [4.69, 9.17) is 0 Å². The third kappa shape index (κ3) is 4.06. The number of amides is 1. The summed E-state index contributed by atoms with van der Waals surface area (Å²) in [5, 5.41) is 9.62. The lowest BCUT2D eigenvalue weighted by atomic mass is 10.0. The number of fused-ring (bicyclic) bond motifs is 1. The van der Waals surface area contributed by atoms with Crippen molar-refractivity contribution in [3.8, 4) is 0 Å². The van der Waals surface area contributed by atoms with Crippen LogP contribution in [0.3, 0.4) is 0 Å². The molecule has 1 N–H and O–H groups in total. The minimum atomic E-state index is 0.0280. The number of nitrogens with one attached hydrogen (secondary N) is 1. The van der Waals surface area contributed by atoms with Gasteiger partial charge in [-0.2, -0.15) is 5.10 Å². The summed E-state index contributed by atoms with van der Waals surface area (Å²) < 4.78 is 1.89. The molecule has 27 heavy (non-hydrogen) atoms. The Balaban J connectivity index is 1.44. The number of hydrogen-bond donors (Lipinski definition) is 1. The van der Waals surface area contributed by atoms with Gasteiger partial charge in [0.2, 0.25) is 5.91 Å². The highest BCUT2D eigenvalue weighted by Crippen LogP contribution is 2.19. The van der Waals surface area contributed by atoms with Crippen LogP contribution in [0.4, 0.5) is 0 Å². The van der Waals surface area contributed by atoms with Gasteiger partial charge in [-0.05, 0) is 33.5 Å². The highest BCUT2D eigenvalue weighted by molar-refractivity contribution is 5.90. The first-order valence-electron chi connectivity index (χ1n) is 9.07. The first-order valence-corrected chi connectivity index (χ1v) is 9.07. The maximum atomic E-state index is 12.5. The Kier molecular flexibility index (Phi) is 4.97. The Hall–Kier alpha value is -3.40. The third-order valence-electron chi connectivity index (χ3n) is 4.72. The number of carbonyl (C=O) groups is 1. The lowest BCUT2D eigenvalue weighted by Crippen LogP contribution is -2.25. The summed E-state index contributed by atoms with van der Waals surface area (Å²) >= 11 is 0. The second kappa shape index (κ2) is 7.87. The summed E-state index contributed by atoms with van der Waals surface area (Å²) in [6.45, 7) is 1.21. The van der Waals surface area contributed by atoms with Gasteiger partial charge in [-0.1, -0.05) is 66.7 Å². The van der Waals surface area contributed by atoms with Gasteiger partial charge >= 0.3 is 0 Å². The van der Waals surface area contributed by atoms with Crippen LogP contribution in [0.5, 0.6) is 0 Å². The predicted octanol–water partition coefficient (Wildman–Crippen LogP) is 3.94. The van der Waals surface area contributed by atoms with E-state index in [1.807, 2.05) is 53.3 Å². The number of hydrogen-bond acceptors (Lipinski definition) is 2. The molecule has 4 heteroatoms. The molecule has 0 saturated heterocycles.